The van der Waals surface area contributed by atoms with Crippen molar-refractivity contribution in [2.24, 2.45) is 0 Å². The minimum absolute atomic E-state index is 0.415. The molecule has 1 atom stereocenters. The summed E-state index contributed by atoms with van der Waals surface area (Å²) in [7, 11) is 0. The molecule has 0 aliphatic carbocycles. The van der Waals surface area contributed by atoms with Gasteiger partial charge in [0, 0.05) is 16.3 Å². The molecule has 4 nitrogen and oxygen atoms in total. The van der Waals surface area contributed by atoms with Gasteiger partial charge in [-0.25, -0.2) is 4.79 Å². The van der Waals surface area contributed by atoms with E-state index in [9.17, 15) is 9.90 Å². The summed E-state index contributed by atoms with van der Waals surface area (Å²) in [6.07, 6.45) is 0.705. The molecule has 0 saturated heterocycles. The summed E-state index contributed by atoms with van der Waals surface area (Å²) in [6, 6.07) is 13.6. The van der Waals surface area contributed by atoms with E-state index in [-0.39, 0.29) is 0 Å². The second kappa shape index (κ2) is 6.64. The average Bonchev–Trinajstić information content (AvgIpc) is 2.57. The molecule has 0 aromatic heterocycles. The molecule has 0 radical (unpaired) electrons. The Morgan fingerprint density at radius 3 is 2.65 bits per heavy atom. The van der Waals surface area contributed by atoms with E-state index in [1.165, 1.54) is 5.69 Å². The Morgan fingerprint density at radius 2 is 1.91 bits per heavy atom. The maximum absolute atomic E-state index is 11.0. The predicted molar refractivity (Wildman–Crippen MR) is 91.5 cm³/mol. The highest BCUT2D eigenvalue weighted by atomic mass is 32.2. The standard InChI is InChI=1S/C18H19NO3S/c1-2-3-10-19-13-6-4-5-7-15(13)23-16-11-12(8-9-14(16)19)17(20)18(21)22/h4-9,11,17,20H,2-3,10H2,1H3,(H,21,22)/t17-/m1/s1. The largest absolute Gasteiger partial charge is 0.479 e. The molecule has 5 heteroatoms. The molecule has 1 heterocycles. The number of carboxylic acid groups (broad SMARTS) is 1. The molecule has 1 aliphatic heterocycles. The molecule has 0 amide bonds. The lowest BCUT2D eigenvalue weighted by Gasteiger charge is -2.33. The number of rotatable bonds is 5. The van der Waals surface area contributed by atoms with Gasteiger partial charge in [0.15, 0.2) is 6.10 Å². The van der Waals surface area contributed by atoms with Gasteiger partial charge in [0.05, 0.1) is 11.4 Å². The van der Waals surface area contributed by atoms with Crippen molar-refractivity contribution in [2.75, 3.05) is 11.4 Å². The maximum atomic E-state index is 11.0. The lowest BCUT2D eigenvalue weighted by molar-refractivity contribution is -0.146. The number of unbranched alkanes of at least 4 members (excludes halogenated alkanes) is 1. The zero-order valence-electron chi connectivity index (χ0n) is 12.9. The number of fused-ring (bicyclic) bond motifs is 2. The lowest BCUT2D eigenvalue weighted by atomic mass is 10.1. The number of aliphatic hydroxyl groups is 1. The topological polar surface area (TPSA) is 60.8 Å². The van der Waals surface area contributed by atoms with Crippen LogP contribution < -0.4 is 4.90 Å². The van der Waals surface area contributed by atoms with Crippen molar-refractivity contribution in [3.8, 4) is 0 Å². The lowest BCUT2D eigenvalue weighted by Crippen LogP contribution is -2.22. The zero-order valence-corrected chi connectivity index (χ0v) is 13.7. The fourth-order valence-electron chi connectivity index (χ4n) is 2.72. The number of aliphatic hydroxyl groups excluding tert-OH is 1. The molecule has 0 unspecified atom stereocenters. The molecule has 2 aromatic rings. The molecule has 3 rings (SSSR count). The van der Waals surface area contributed by atoms with Crippen molar-refractivity contribution in [3.63, 3.8) is 0 Å². The van der Waals surface area contributed by atoms with Crippen LogP contribution >= 0.6 is 11.8 Å². The molecular formula is C18H19NO3S. The van der Waals surface area contributed by atoms with Crippen LogP contribution in [0.15, 0.2) is 52.3 Å². The van der Waals surface area contributed by atoms with Crippen molar-refractivity contribution in [3.05, 3.63) is 48.0 Å². The Hall–Kier alpha value is -1.98. The number of aliphatic carboxylic acids is 1. The second-order valence-corrected chi connectivity index (χ2v) is 6.63. The third-order valence-electron chi connectivity index (χ3n) is 3.94. The van der Waals surface area contributed by atoms with Crippen LogP contribution in [-0.4, -0.2) is 22.7 Å². The first-order chi connectivity index (χ1) is 11.1. The van der Waals surface area contributed by atoms with E-state index < -0.39 is 12.1 Å². The maximum Gasteiger partial charge on any atom is 0.337 e. The molecule has 0 bridgehead atoms. The van der Waals surface area contributed by atoms with Crippen LogP contribution in [0.5, 0.6) is 0 Å². The minimum Gasteiger partial charge on any atom is -0.479 e. The van der Waals surface area contributed by atoms with E-state index in [2.05, 4.69) is 24.0 Å². The van der Waals surface area contributed by atoms with Gasteiger partial charge in [-0.15, -0.1) is 0 Å². The normalized spacial score (nSPS) is 14.1. The summed E-state index contributed by atoms with van der Waals surface area (Å²) in [4.78, 5) is 15.4. The van der Waals surface area contributed by atoms with E-state index >= 15 is 0 Å². The first kappa shape index (κ1) is 15.9. The van der Waals surface area contributed by atoms with Gasteiger partial charge in [-0.2, -0.15) is 0 Å². The third-order valence-corrected chi connectivity index (χ3v) is 5.05. The van der Waals surface area contributed by atoms with Crippen molar-refractivity contribution in [1.82, 2.24) is 0 Å². The summed E-state index contributed by atoms with van der Waals surface area (Å²) in [5.74, 6) is -1.23. The van der Waals surface area contributed by atoms with Crippen LogP contribution in [0, 0.1) is 0 Å². The van der Waals surface area contributed by atoms with Gasteiger partial charge in [-0.1, -0.05) is 43.3 Å². The smallest absolute Gasteiger partial charge is 0.337 e. The van der Waals surface area contributed by atoms with Crippen LogP contribution in [0.3, 0.4) is 0 Å². The van der Waals surface area contributed by atoms with Gasteiger partial charge >= 0.3 is 5.97 Å². The first-order valence-electron chi connectivity index (χ1n) is 7.71. The van der Waals surface area contributed by atoms with E-state index in [1.54, 1.807) is 23.9 Å². The fraction of sp³-hybridized carbons (Fsp3) is 0.278. The van der Waals surface area contributed by atoms with Gasteiger partial charge in [-0.05, 0) is 36.2 Å². The highest BCUT2D eigenvalue weighted by Crippen LogP contribution is 2.48. The molecule has 0 saturated carbocycles. The number of benzene rings is 2. The number of nitrogens with zero attached hydrogens (tertiary/aromatic N) is 1. The van der Waals surface area contributed by atoms with E-state index in [0.29, 0.717) is 5.56 Å². The number of carbonyl (C=O) groups is 1. The Kier molecular flexibility index (Phi) is 4.59. The summed E-state index contributed by atoms with van der Waals surface area (Å²) < 4.78 is 0. The van der Waals surface area contributed by atoms with Gasteiger partial charge in [0.2, 0.25) is 0 Å². The highest BCUT2D eigenvalue weighted by molar-refractivity contribution is 7.99. The van der Waals surface area contributed by atoms with E-state index in [0.717, 1.165) is 34.9 Å². The van der Waals surface area contributed by atoms with Gasteiger partial charge < -0.3 is 15.1 Å². The number of carboxylic acids is 1. The van der Waals surface area contributed by atoms with Crippen LogP contribution in [0.25, 0.3) is 0 Å². The Morgan fingerprint density at radius 1 is 1.17 bits per heavy atom. The molecular weight excluding hydrogens is 310 g/mol. The number of hydrogen-bond acceptors (Lipinski definition) is 4. The second-order valence-electron chi connectivity index (χ2n) is 5.54. The number of para-hydroxylation sites is 1. The van der Waals surface area contributed by atoms with Crippen LogP contribution in [0.4, 0.5) is 11.4 Å². The number of anilines is 2. The SMILES string of the molecule is CCCCN1c2ccccc2Sc2cc([C@@H](O)C(=O)O)ccc21. The Balaban J connectivity index is 2.03. The zero-order chi connectivity index (χ0) is 16.4. The third kappa shape index (κ3) is 3.07. The summed E-state index contributed by atoms with van der Waals surface area (Å²) in [5, 5.41) is 18.8. The molecule has 120 valence electrons. The summed E-state index contributed by atoms with van der Waals surface area (Å²) in [6.45, 7) is 3.08. The van der Waals surface area contributed by atoms with Gasteiger partial charge in [0.25, 0.3) is 0 Å². The molecule has 23 heavy (non-hydrogen) atoms. The summed E-state index contributed by atoms with van der Waals surface area (Å²) in [5.41, 5.74) is 2.67. The molecule has 0 spiro atoms. The molecule has 0 fully saturated rings. The van der Waals surface area contributed by atoms with Crippen LogP contribution in [-0.2, 0) is 4.79 Å². The van der Waals surface area contributed by atoms with E-state index in [4.69, 9.17) is 5.11 Å². The Labute approximate surface area is 139 Å². The van der Waals surface area contributed by atoms with Crippen molar-refractivity contribution in [1.29, 1.82) is 0 Å². The predicted octanol–water partition coefficient (Wildman–Crippen LogP) is 4.21. The average molecular weight is 329 g/mol. The highest BCUT2D eigenvalue weighted by Gasteiger charge is 2.25. The molecule has 1 aliphatic rings. The van der Waals surface area contributed by atoms with Crippen molar-refractivity contribution in [2.45, 2.75) is 35.7 Å². The Bertz CT molecular complexity index is 732. The van der Waals surface area contributed by atoms with Crippen LogP contribution in [0.2, 0.25) is 0 Å². The number of hydrogen-bond donors (Lipinski definition) is 2. The summed E-state index contributed by atoms with van der Waals surface area (Å²) >= 11 is 1.62. The quantitative estimate of drug-likeness (QED) is 0.860. The first-order valence-corrected chi connectivity index (χ1v) is 8.52. The van der Waals surface area contributed by atoms with Gasteiger partial charge in [-0.3, -0.25) is 0 Å². The molecule has 2 N–H and O–H groups in total. The minimum atomic E-state index is -1.48. The fourth-order valence-corrected chi connectivity index (χ4v) is 3.86. The monoisotopic (exact) mass is 329 g/mol. The van der Waals surface area contributed by atoms with Crippen LogP contribution in [0.1, 0.15) is 31.4 Å². The van der Waals surface area contributed by atoms with E-state index in [1.807, 2.05) is 18.2 Å². The van der Waals surface area contributed by atoms with Gasteiger partial charge in [0.1, 0.15) is 0 Å². The van der Waals surface area contributed by atoms with Crippen molar-refractivity contribution < 1.29 is 15.0 Å². The molecule has 2 aromatic carbocycles. The van der Waals surface area contributed by atoms with Crippen molar-refractivity contribution >= 4 is 29.1 Å².